The fourth-order valence-corrected chi connectivity index (χ4v) is 3.41. The van der Waals surface area contributed by atoms with E-state index in [-0.39, 0.29) is 5.91 Å². The largest absolute Gasteiger partial charge is 0.364 e. The molecule has 1 aliphatic carbocycles. The van der Waals surface area contributed by atoms with Crippen molar-refractivity contribution >= 4 is 17.3 Å². The van der Waals surface area contributed by atoms with Crippen molar-refractivity contribution in [1.29, 1.82) is 0 Å². The number of para-hydroxylation sites is 2. The van der Waals surface area contributed by atoms with Crippen LogP contribution in [0, 0.1) is 0 Å². The number of likely N-dealkylation sites (N-methyl/N-ethyl adjacent to an activating group) is 1. The van der Waals surface area contributed by atoms with E-state index in [1.807, 2.05) is 13.1 Å². The van der Waals surface area contributed by atoms with Gasteiger partial charge >= 0.3 is 0 Å². The fraction of sp³-hybridized carbons (Fsp3) is 0.562. The summed E-state index contributed by atoms with van der Waals surface area (Å²) in [7, 11) is 2.00. The Morgan fingerprint density at radius 1 is 1.00 bits per heavy atom. The lowest BCUT2D eigenvalue weighted by Crippen LogP contribution is -2.49. The van der Waals surface area contributed by atoms with Gasteiger partial charge in [0.05, 0.1) is 17.9 Å². The highest BCUT2D eigenvalue weighted by Gasteiger charge is 2.32. The molecule has 1 aromatic rings. The SMILES string of the molecule is CN1CC(=O)N(C2CCCCCC2)c2ccccc21. The second kappa shape index (κ2) is 5.24. The third-order valence-corrected chi connectivity index (χ3v) is 4.38. The van der Waals surface area contributed by atoms with E-state index in [1.54, 1.807) is 0 Å². The van der Waals surface area contributed by atoms with Gasteiger partial charge in [-0.15, -0.1) is 0 Å². The first-order valence-corrected chi connectivity index (χ1v) is 7.39. The highest BCUT2D eigenvalue weighted by atomic mass is 16.2. The first-order valence-electron chi connectivity index (χ1n) is 7.39. The van der Waals surface area contributed by atoms with Crippen molar-refractivity contribution in [2.24, 2.45) is 0 Å². The van der Waals surface area contributed by atoms with Crippen LogP contribution in [0.2, 0.25) is 0 Å². The molecule has 3 heteroatoms. The van der Waals surface area contributed by atoms with Gasteiger partial charge in [-0.3, -0.25) is 4.79 Å². The van der Waals surface area contributed by atoms with Crippen molar-refractivity contribution in [1.82, 2.24) is 0 Å². The van der Waals surface area contributed by atoms with E-state index in [0.717, 1.165) is 18.5 Å². The topological polar surface area (TPSA) is 23.6 Å². The minimum Gasteiger partial charge on any atom is -0.364 e. The summed E-state index contributed by atoms with van der Waals surface area (Å²) in [5.41, 5.74) is 2.29. The Hall–Kier alpha value is -1.51. The third-order valence-electron chi connectivity index (χ3n) is 4.38. The molecule has 0 spiro atoms. The van der Waals surface area contributed by atoms with Gasteiger partial charge in [0.25, 0.3) is 0 Å². The molecule has 1 saturated carbocycles. The number of benzene rings is 1. The molecule has 0 N–H and O–H groups in total. The fourth-order valence-electron chi connectivity index (χ4n) is 3.41. The summed E-state index contributed by atoms with van der Waals surface area (Å²) in [6, 6.07) is 8.70. The van der Waals surface area contributed by atoms with Crippen LogP contribution in [0.1, 0.15) is 38.5 Å². The van der Waals surface area contributed by atoms with Gasteiger partial charge in [-0.1, -0.05) is 37.8 Å². The van der Waals surface area contributed by atoms with Crippen LogP contribution < -0.4 is 9.80 Å². The van der Waals surface area contributed by atoms with Crippen molar-refractivity contribution < 1.29 is 4.79 Å². The predicted molar refractivity (Wildman–Crippen MR) is 78.7 cm³/mol. The van der Waals surface area contributed by atoms with Crippen molar-refractivity contribution in [2.75, 3.05) is 23.4 Å². The van der Waals surface area contributed by atoms with Crippen LogP contribution in [0.5, 0.6) is 0 Å². The maximum atomic E-state index is 12.5. The van der Waals surface area contributed by atoms with Crippen LogP contribution in [0.25, 0.3) is 0 Å². The molecule has 0 radical (unpaired) electrons. The zero-order valence-electron chi connectivity index (χ0n) is 11.6. The molecule has 0 unspecified atom stereocenters. The van der Waals surface area contributed by atoms with E-state index >= 15 is 0 Å². The standard InChI is InChI=1S/C16H22N2O/c1-17-12-16(19)18(13-8-4-2-3-5-9-13)15-11-7-6-10-14(15)17/h6-7,10-11,13H,2-5,8-9,12H2,1H3. The smallest absolute Gasteiger partial charge is 0.246 e. The molecule has 102 valence electrons. The van der Waals surface area contributed by atoms with E-state index < -0.39 is 0 Å². The van der Waals surface area contributed by atoms with Crippen LogP contribution in [0.4, 0.5) is 11.4 Å². The van der Waals surface area contributed by atoms with E-state index in [9.17, 15) is 4.79 Å². The maximum absolute atomic E-state index is 12.5. The molecule has 1 heterocycles. The van der Waals surface area contributed by atoms with Gasteiger partial charge in [-0.05, 0) is 25.0 Å². The number of carbonyl (C=O) groups excluding carboxylic acids is 1. The average Bonchev–Trinajstić information content (AvgIpc) is 2.68. The van der Waals surface area contributed by atoms with Crippen LogP contribution in [0.15, 0.2) is 24.3 Å². The van der Waals surface area contributed by atoms with Gasteiger partial charge in [0.15, 0.2) is 0 Å². The first kappa shape index (κ1) is 12.5. The van der Waals surface area contributed by atoms with E-state index in [2.05, 4.69) is 28.0 Å². The third kappa shape index (κ3) is 2.34. The summed E-state index contributed by atoms with van der Waals surface area (Å²) >= 11 is 0. The molecular formula is C16H22N2O. The van der Waals surface area contributed by atoms with Gasteiger partial charge in [-0.25, -0.2) is 0 Å². The number of carbonyl (C=O) groups is 1. The summed E-state index contributed by atoms with van der Waals surface area (Å²) < 4.78 is 0. The molecule has 1 aromatic carbocycles. The van der Waals surface area contributed by atoms with Crippen LogP contribution in [-0.2, 0) is 4.79 Å². The Kier molecular flexibility index (Phi) is 3.45. The normalized spacial score (nSPS) is 21.2. The molecule has 0 saturated heterocycles. The second-order valence-corrected chi connectivity index (χ2v) is 5.75. The Morgan fingerprint density at radius 2 is 1.63 bits per heavy atom. The molecule has 2 aliphatic rings. The number of hydrogen-bond donors (Lipinski definition) is 0. The van der Waals surface area contributed by atoms with Gasteiger partial charge in [0.2, 0.25) is 5.91 Å². The molecular weight excluding hydrogens is 236 g/mol. The molecule has 3 rings (SSSR count). The maximum Gasteiger partial charge on any atom is 0.246 e. The quantitative estimate of drug-likeness (QED) is 0.722. The molecule has 1 amide bonds. The number of nitrogens with zero attached hydrogens (tertiary/aromatic N) is 2. The van der Waals surface area contributed by atoms with Crippen LogP contribution in [0.3, 0.4) is 0 Å². The Morgan fingerprint density at radius 3 is 2.32 bits per heavy atom. The lowest BCUT2D eigenvalue weighted by molar-refractivity contribution is -0.118. The number of amides is 1. The Bertz CT molecular complexity index is 464. The van der Waals surface area contributed by atoms with Crippen molar-refractivity contribution in [3.05, 3.63) is 24.3 Å². The molecule has 3 nitrogen and oxygen atoms in total. The summed E-state index contributed by atoms with van der Waals surface area (Å²) in [5.74, 6) is 0.257. The number of rotatable bonds is 1. The lowest BCUT2D eigenvalue weighted by atomic mass is 10.0. The van der Waals surface area contributed by atoms with Gasteiger partial charge in [0, 0.05) is 13.1 Å². The van der Waals surface area contributed by atoms with E-state index in [0.29, 0.717) is 12.6 Å². The zero-order valence-corrected chi connectivity index (χ0v) is 11.6. The van der Waals surface area contributed by atoms with E-state index in [1.165, 1.54) is 31.4 Å². The van der Waals surface area contributed by atoms with Crippen molar-refractivity contribution in [3.8, 4) is 0 Å². The number of hydrogen-bond acceptors (Lipinski definition) is 2. The summed E-state index contributed by atoms with van der Waals surface area (Å²) in [4.78, 5) is 16.6. The molecule has 1 fully saturated rings. The molecule has 0 atom stereocenters. The first-order chi connectivity index (χ1) is 9.27. The summed E-state index contributed by atoms with van der Waals surface area (Å²) in [6.45, 7) is 0.507. The zero-order chi connectivity index (χ0) is 13.2. The number of fused-ring (bicyclic) bond motifs is 1. The molecule has 19 heavy (non-hydrogen) atoms. The Balaban J connectivity index is 1.95. The van der Waals surface area contributed by atoms with Crippen molar-refractivity contribution in [2.45, 2.75) is 44.6 Å². The minimum absolute atomic E-state index is 0.257. The predicted octanol–water partition coefficient (Wildman–Crippen LogP) is 3.19. The van der Waals surface area contributed by atoms with Gasteiger partial charge in [0.1, 0.15) is 0 Å². The van der Waals surface area contributed by atoms with Gasteiger partial charge < -0.3 is 9.80 Å². The highest BCUT2D eigenvalue weighted by Crippen LogP contribution is 2.36. The van der Waals surface area contributed by atoms with Crippen LogP contribution in [-0.4, -0.2) is 25.5 Å². The monoisotopic (exact) mass is 258 g/mol. The lowest BCUT2D eigenvalue weighted by Gasteiger charge is -2.39. The summed E-state index contributed by atoms with van der Waals surface area (Å²) in [6.07, 6.45) is 7.46. The molecule has 0 aromatic heterocycles. The molecule has 1 aliphatic heterocycles. The minimum atomic E-state index is 0.257. The van der Waals surface area contributed by atoms with Gasteiger partial charge in [-0.2, -0.15) is 0 Å². The van der Waals surface area contributed by atoms with Crippen LogP contribution >= 0.6 is 0 Å². The number of anilines is 2. The Labute approximate surface area is 115 Å². The second-order valence-electron chi connectivity index (χ2n) is 5.75. The van der Waals surface area contributed by atoms with E-state index in [4.69, 9.17) is 0 Å². The average molecular weight is 258 g/mol. The van der Waals surface area contributed by atoms with Crippen molar-refractivity contribution in [3.63, 3.8) is 0 Å². The summed E-state index contributed by atoms with van der Waals surface area (Å²) in [5, 5.41) is 0. The molecule has 0 bridgehead atoms. The highest BCUT2D eigenvalue weighted by molar-refractivity contribution is 6.03.